The largest absolute Gasteiger partial charge is 0.352 e. The predicted molar refractivity (Wildman–Crippen MR) is 79.1 cm³/mol. The van der Waals surface area contributed by atoms with E-state index < -0.39 is 6.04 Å². The molecule has 0 aromatic heterocycles. The molecule has 1 aromatic rings. The van der Waals surface area contributed by atoms with E-state index in [2.05, 4.69) is 26.6 Å². The second kappa shape index (κ2) is 6.70. The molecular weight excluding hydrogens is 308 g/mol. The van der Waals surface area contributed by atoms with E-state index in [0.29, 0.717) is 5.56 Å². The molecule has 0 saturated carbocycles. The Bertz CT molecular complexity index is 486. The molecule has 104 valence electrons. The Hall–Kier alpha value is -1.36. The number of carbonyl (C=O) groups is 2. The number of benzene rings is 1. The number of halogens is 1. The first-order valence-electron chi connectivity index (χ1n) is 6.18. The first-order valence-corrected chi connectivity index (χ1v) is 6.98. The zero-order valence-electron chi connectivity index (χ0n) is 11.6. The third-order valence-corrected chi connectivity index (χ3v) is 3.48. The highest BCUT2D eigenvalue weighted by atomic mass is 79.9. The minimum Gasteiger partial charge on any atom is -0.352 e. The van der Waals surface area contributed by atoms with E-state index in [1.165, 1.54) is 0 Å². The molecule has 19 heavy (non-hydrogen) atoms. The molecule has 0 radical (unpaired) electrons. The lowest BCUT2D eigenvalue weighted by molar-refractivity contribution is -0.123. The molecule has 0 bridgehead atoms. The van der Waals surface area contributed by atoms with Gasteiger partial charge in [0, 0.05) is 16.1 Å². The highest BCUT2D eigenvalue weighted by Crippen LogP contribution is 2.17. The van der Waals surface area contributed by atoms with Gasteiger partial charge in [0.05, 0.1) is 0 Å². The van der Waals surface area contributed by atoms with Gasteiger partial charge < -0.3 is 10.6 Å². The summed E-state index contributed by atoms with van der Waals surface area (Å²) in [4.78, 5) is 23.7. The van der Waals surface area contributed by atoms with Crippen molar-refractivity contribution >= 4 is 27.7 Å². The fourth-order valence-electron chi connectivity index (χ4n) is 1.54. The van der Waals surface area contributed by atoms with E-state index in [-0.39, 0.29) is 17.9 Å². The Morgan fingerprint density at radius 1 is 1.16 bits per heavy atom. The number of rotatable bonds is 4. The van der Waals surface area contributed by atoms with Crippen molar-refractivity contribution in [3.63, 3.8) is 0 Å². The summed E-state index contributed by atoms with van der Waals surface area (Å²) >= 11 is 3.38. The number of nitrogens with one attached hydrogen (secondary N) is 2. The summed E-state index contributed by atoms with van der Waals surface area (Å²) in [5.41, 5.74) is 1.52. The van der Waals surface area contributed by atoms with Crippen molar-refractivity contribution in [3.8, 4) is 0 Å². The van der Waals surface area contributed by atoms with Crippen molar-refractivity contribution in [3.05, 3.63) is 33.8 Å². The minimum absolute atomic E-state index is 0.0572. The average molecular weight is 327 g/mol. The maximum atomic E-state index is 12.0. The lowest BCUT2D eigenvalue weighted by Gasteiger charge is -2.16. The van der Waals surface area contributed by atoms with Gasteiger partial charge in [-0.05, 0) is 51.5 Å². The zero-order chi connectivity index (χ0) is 14.6. The summed E-state index contributed by atoms with van der Waals surface area (Å²) < 4.78 is 0.953. The van der Waals surface area contributed by atoms with Crippen LogP contribution in [0.4, 0.5) is 0 Å². The van der Waals surface area contributed by atoms with Gasteiger partial charge >= 0.3 is 0 Å². The topological polar surface area (TPSA) is 58.2 Å². The molecule has 1 unspecified atom stereocenters. The molecular formula is C14H19BrN2O2. The van der Waals surface area contributed by atoms with Crippen LogP contribution in [-0.4, -0.2) is 23.9 Å². The third kappa shape index (κ3) is 4.67. The van der Waals surface area contributed by atoms with Crippen LogP contribution in [0.25, 0.3) is 0 Å². The average Bonchev–Trinajstić information content (AvgIpc) is 2.31. The fraction of sp³-hybridized carbons (Fsp3) is 0.429. The summed E-state index contributed by atoms with van der Waals surface area (Å²) in [5.74, 6) is -0.431. The Labute approximate surface area is 122 Å². The molecule has 1 rings (SSSR count). The van der Waals surface area contributed by atoms with Crippen LogP contribution in [0.1, 0.15) is 36.7 Å². The smallest absolute Gasteiger partial charge is 0.251 e. The van der Waals surface area contributed by atoms with E-state index in [1.54, 1.807) is 19.1 Å². The van der Waals surface area contributed by atoms with Gasteiger partial charge in [0.1, 0.15) is 6.04 Å². The lowest BCUT2D eigenvalue weighted by Crippen LogP contribution is -2.46. The van der Waals surface area contributed by atoms with Crippen LogP contribution in [0.3, 0.4) is 0 Å². The normalized spacial score (nSPS) is 12.1. The number of hydrogen-bond donors (Lipinski definition) is 2. The van der Waals surface area contributed by atoms with Crippen LogP contribution in [0.2, 0.25) is 0 Å². The Morgan fingerprint density at radius 2 is 1.79 bits per heavy atom. The van der Waals surface area contributed by atoms with Crippen molar-refractivity contribution in [2.45, 2.75) is 39.8 Å². The monoisotopic (exact) mass is 326 g/mol. The van der Waals surface area contributed by atoms with Crippen LogP contribution in [0, 0.1) is 6.92 Å². The quantitative estimate of drug-likeness (QED) is 0.892. The summed E-state index contributed by atoms with van der Waals surface area (Å²) in [7, 11) is 0. The van der Waals surface area contributed by atoms with E-state index in [9.17, 15) is 9.59 Å². The van der Waals surface area contributed by atoms with Gasteiger partial charge in [-0.25, -0.2) is 0 Å². The van der Waals surface area contributed by atoms with Gasteiger partial charge in [0.15, 0.2) is 0 Å². The van der Waals surface area contributed by atoms with Crippen LogP contribution < -0.4 is 10.6 Å². The molecule has 2 amide bonds. The molecule has 0 heterocycles. The molecule has 0 fully saturated rings. The summed E-state index contributed by atoms with van der Waals surface area (Å²) in [6.45, 7) is 7.34. The van der Waals surface area contributed by atoms with Crippen LogP contribution >= 0.6 is 15.9 Å². The van der Waals surface area contributed by atoms with Crippen molar-refractivity contribution in [1.82, 2.24) is 10.6 Å². The summed E-state index contributed by atoms with van der Waals surface area (Å²) in [6, 6.07) is 4.83. The first-order chi connectivity index (χ1) is 8.81. The lowest BCUT2D eigenvalue weighted by atomic mass is 10.1. The van der Waals surface area contributed by atoms with Gasteiger partial charge in [-0.1, -0.05) is 15.9 Å². The fourth-order valence-corrected chi connectivity index (χ4v) is 1.79. The van der Waals surface area contributed by atoms with Crippen molar-refractivity contribution in [1.29, 1.82) is 0 Å². The van der Waals surface area contributed by atoms with Crippen LogP contribution in [-0.2, 0) is 4.79 Å². The summed E-state index contributed by atoms with van der Waals surface area (Å²) in [6.07, 6.45) is 0. The zero-order valence-corrected chi connectivity index (χ0v) is 13.2. The standard InChI is InChI=1S/C14H19BrN2O2/c1-8(2)16-13(18)10(4)17-14(19)11-5-6-12(15)9(3)7-11/h5-8,10H,1-4H3,(H,16,18)(H,17,19). The Kier molecular flexibility index (Phi) is 5.54. The van der Waals surface area contributed by atoms with Gasteiger partial charge in [-0.15, -0.1) is 0 Å². The van der Waals surface area contributed by atoms with Crippen LogP contribution in [0.15, 0.2) is 22.7 Å². The van der Waals surface area contributed by atoms with E-state index >= 15 is 0 Å². The molecule has 2 N–H and O–H groups in total. The molecule has 0 spiro atoms. The second-order valence-corrected chi connectivity index (χ2v) is 5.68. The maximum Gasteiger partial charge on any atom is 0.251 e. The Morgan fingerprint density at radius 3 is 2.32 bits per heavy atom. The SMILES string of the molecule is Cc1cc(C(=O)NC(C)C(=O)NC(C)C)ccc1Br. The van der Waals surface area contributed by atoms with Gasteiger partial charge in [0.25, 0.3) is 5.91 Å². The van der Waals surface area contributed by atoms with E-state index in [0.717, 1.165) is 10.0 Å². The highest BCUT2D eigenvalue weighted by molar-refractivity contribution is 9.10. The predicted octanol–water partition coefficient (Wildman–Crippen LogP) is 2.40. The first kappa shape index (κ1) is 15.7. The molecule has 0 aliphatic rings. The minimum atomic E-state index is -0.557. The highest BCUT2D eigenvalue weighted by Gasteiger charge is 2.17. The molecule has 0 saturated heterocycles. The summed E-state index contributed by atoms with van der Waals surface area (Å²) in [5, 5.41) is 5.44. The van der Waals surface area contributed by atoms with Crippen molar-refractivity contribution < 1.29 is 9.59 Å². The Balaban J connectivity index is 2.68. The second-order valence-electron chi connectivity index (χ2n) is 4.82. The molecule has 5 heteroatoms. The number of hydrogen-bond acceptors (Lipinski definition) is 2. The third-order valence-electron chi connectivity index (χ3n) is 2.59. The van der Waals surface area contributed by atoms with Crippen molar-refractivity contribution in [2.75, 3.05) is 0 Å². The number of aryl methyl sites for hydroxylation is 1. The van der Waals surface area contributed by atoms with Crippen molar-refractivity contribution in [2.24, 2.45) is 0 Å². The number of amides is 2. The number of carbonyl (C=O) groups excluding carboxylic acids is 2. The van der Waals surface area contributed by atoms with E-state index in [4.69, 9.17) is 0 Å². The van der Waals surface area contributed by atoms with E-state index in [1.807, 2.05) is 26.8 Å². The van der Waals surface area contributed by atoms with Gasteiger partial charge in [0.2, 0.25) is 5.91 Å². The molecule has 0 aliphatic heterocycles. The van der Waals surface area contributed by atoms with Crippen LogP contribution in [0.5, 0.6) is 0 Å². The maximum absolute atomic E-state index is 12.0. The van der Waals surface area contributed by atoms with Gasteiger partial charge in [-0.2, -0.15) is 0 Å². The molecule has 0 aliphatic carbocycles. The molecule has 1 atom stereocenters. The molecule has 4 nitrogen and oxygen atoms in total. The molecule has 1 aromatic carbocycles. The van der Waals surface area contributed by atoms with Gasteiger partial charge in [-0.3, -0.25) is 9.59 Å².